The first-order valence-electron chi connectivity index (χ1n) is 7.62. The summed E-state index contributed by atoms with van der Waals surface area (Å²) in [6.45, 7) is 0. The van der Waals surface area contributed by atoms with Gasteiger partial charge < -0.3 is 5.73 Å². The molecule has 0 amide bonds. The number of thiophene rings is 1. The van der Waals surface area contributed by atoms with Gasteiger partial charge in [-0.1, -0.05) is 36.4 Å². The molecule has 22 heavy (non-hydrogen) atoms. The maximum atomic E-state index is 6.73. The quantitative estimate of drug-likeness (QED) is 0.772. The number of pyridine rings is 1. The smallest absolute Gasteiger partial charge is 0.0801 e. The monoisotopic (exact) mass is 306 g/mol. The molecule has 1 unspecified atom stereocenters. The summed E-state index contributed by atoms with van der Waals surface area (Å²) in [5.74, 6) is 0. The summed E-state index contributed by atoms with van der Waals surface area (Å²) in [6.07, 6.45) is 4.82. The van der Waals surface area contributed by atoms with E-state index in [-0.39, 0.29) is 5.54 Å². The van der Waals surface area contributed by atoms with Crippen LogP contribution in [0.1, 0.15) is 22.4 Å². The first kappa shape index (κ1) is 13.7. The Labute approximate surface area is 134 Å². The van der Waals surface area contributed by atoms with Crippen LogP contribution in [-0.4, -0.2) is 4.98 Å². The molecule has 0 saturated carbocycles. The Morgan fingerprint density at radius 1 is 1.05 bits per heavy atom. The van der Waals surface area contributed by atoms with Crippen molar-refractivity contribution in [1.82, 2.24) is 4.98 Å². The second kappa shape index (κ2) is 5.34. The number of aromatic nitrogens is 1. The Hall–Kier alpha value is -1.97. The van der Waals surface area contributed by atoms with Crippen molar-refractivity contribution in [1.29, 1.82) is 0 Å². The Kier molecular flexibility index (Phi) is 3.32. The molecule has 2 heterocycles. The zero-order chi connectivity index (χ0) is 15.0. The van der Waals surface area contributed by atoms with Gasteiger partial charge in [-0.15, -0.1) is 11.3 Å². The molecule has 2 nitrogen and oxygen atoms in total. The van der Waals surface area contributed by atoms with E-state index in [4.69, 9.17) is 5.73 Å². The molecule has 1 atom stereocenters. The molecule has 1 aromatic carbocycles. The van der Waals surface area contributed by atoms with E-state index in [1.165, 1.54) is 20.9 Å². The van der Waals surface area contributed by atoms with Crippen molar-refractivity contribution in [2.45, 2.75) is 24.8 Å². The molecule has 0 fully saturated rings. The van der Waals surface area contributed by atoms with Crippen molar-refractivity contribution < 1.29 is 0 Å². The van der Waals surface area contributed by atoms with Crippen LogP contribution in [0.5, 0.6) is 0 Å². The zero-order valence-electron chi connectivity index (χ0n) is 12.3. The van der Waals surface area contributed by atoms with E-state index in [1.54, 1.807) is 0 Å². The van der Waals surface area contributed by atoms with Crippen molar-refractivity contribution >= 4 is 11.3 Å². The second-order valence-electron chi connectivity index (χ2n) is 5.97. The maximum absolute atomic E-state index is 6.73. The molecule has 0 saturated heterocycles. The molecular weight excluding hydrogens is 288 g/mol. The van der Waals surface area contributed by atoms with Crippen LogP contribution in [0.3, 0.4) is 0 Å². The van der Waals surface area contributed by atoms with Gasteiger partial charge in [-0.2, -0.15) is 0 Å². The first-order chi connectivity index (χ1) is 10.7. The Morgan fingerprint density at radius 2 is 1.86 bits per heavy atom. The van der Waals surface area contributed by atoms with Crippen LogP contribution < -0.4 is 5.73 Å². The molecule has 1 aliphatic rings. The molecule has 110 valence electrons. The molecule has 3 heteroatoms. The van der Waals surface area contributed by atoms with Crippen LogP contribution in [0, 0.1) is 0 Å². The lowest BCUT2D eigenvalue weighted by Gasteiger charge is -2.34. The summed E-state index contributed by atoms with van der Waals surface area (Å²) >= 11 is 1.87. The second-order valence-corrected chi connectivity index (χ2v) is 7.11. The number of nitrogens with zero attached hydrogens (tertiary/aromatic N) is 1. The number of hydrogen-bond acceptors (Lipinski definition) is 3. The summed E-state index contributed by atoms with van der Waals surface area (Å²) in [7, 11) is 0. The molecule has 2 N–H and O–H groups in total. The van der Waals surface area contributed by atoms with E-state index < -0.39 is 0 Å². The van der Waals surface area contributed by atoms with Crippen LogP contribution in [0.15, 0.2) is 60.8 Å². The van der Waals surface area contributed by atoms with Gasteiger partial charge in [0.2, 0.25) is 0 Å². The summed E-state index contributed by atoms with van der Waals surface area (Å²) in [5.41, 5.74) is 10.2. The lowest BCUT2D eigenvalue weighted by Crippen LogP contribution is -2.41. The van der Waals surface area contributed by atoms with Crippen LogP contribution in [0.4, 0.5) is 0 Å². The molecule has 2 aromatic heterocycles. The SMILES string of the molecule is NC1(c2ccccc2)CCc2sc(-c3ccccn3)cc2C1. The fraction of sp³-hybridized carbons (Fsp3) is 0.211. The van der Waals surface area contributed by atoms with Crippen molar-refractivity contribution in [3.63, 3.8) is 0 Å². The van der Waals surface area contributed by atoms with Crippen LogP contribution in [-0.2, 0) is 18.4 Å². The Balaban J connectivity index is 1.68. The third-order valence-electron chi connectivity index (χ3n) is 4.47. The lowest BCUT2D eigenvalue weighted by atomic mass is 9.77. The van der Waals surface area contributed by atoms with E-state index in [1.807, 2.05) is 35.7 Å². The molecule has 0 radical (unpaired) electrons. The largest absolute Gasteiger partial charge is 0.321 e. The van der Waals surface area contributed by atoms with Gasteiger partial charge in [-0.3, -0.25) is 4.98 Å². The average molecular weight is 306 g/mol. The van der Waals surface area contributed by atoms with E-state index in [2.05, 4.69) is 41.4 Å². The molecule has 0 bridgehead atoms. The van der Waals surface area contributed by atoms with Crippen LogP contribution >= 0.6 is 11.3 Å². The van der Waals surface area contributed by atoms with Crippen LogP contribution in [0.25, 0.3) is 10.6 Å². The molecule has 4 rings (SSSR count). The molecule has 1 aliphatic carbocycles. The summed E-state index contributed by atoms with van der Waals surface area (Å²) in [6, 6.07) is 18.9. The van der Waals surface area contributed by atoms with Gasteiger partial charge in [0.05, 0.1) is 10.6 Å². The van der Waals surface area contributed by atoms with Gasteiger partial charge in [-0.05, 0) is 48.6 Å². The van der Waals surface area contributed by atoms with Gasteiger partial charge in [-0.25, -0.2) is 0 Å². The fourth-order valence-corrected chi connectivity index (χ4v) is 4.40. The third kappa shape index (κ3) is 2.36. The number of benzene rings is 1. The van der Waals surface area contributed by atoms with E-state index in [9.17, 15) is 0 Å². The number of nitrogens with two attached hydrogens (primary N) is 1. The summed E-state index contributed by atoms with van der Waals surface area (Å²) < 4.78 is 0. The highest BCUT2D eigenvalue weighted by Gasteiger charge is 2.33. The topological polar surface area (TPSA) is 38.9 Å². The fourth-order valence-electron chi connectivity index (χ4n) is 3.24. The van der Waals surface area contributed by atoms with Crippen LogP contribution in [0.2, 0.25) is 0 Å². The van der Waals surface area contributed by atoms with E-state index >= 15 is 0 Å². The lowest BCUT2D eigenvalue weighted by molar-refractivity contribution is 0.388. The van der Waals surface area contributed by atoms with Gasteiger partial charge in [0.25, 0.3) is 0 Å². The summed E-state index contributed by atoms with van der Waals surface area (Å²) in [5, 5.41) is 0. The standard InChI is InChI=1S/C19H18N2S/c20-19(15-6-2-1-3-7-15)10-9-17-14(13-19)12-18(22-17)16-8-4-5-11-21-16/h1-8,11-12H,9-10,13,20H2. The van der Waals surface area contributed by atoms with Crippen molar-refractivity contribution in [3.8, 4) is 10.6 Å². The highest BCUT2D eigenvalue weighted by atomic mass is 32.1. The minimum absolute atomic E-state index is 0.239. The molecular formula is C19H18N2S. The first-order valence-corrected chi connectivity index (χ1v) is 8.44. The minimum atomic E-state index is -0.239. The van der Waals surface area contributed by atoms with E-state index in [0.717, 1.165) is 25.0 Å². The maximum Gasteiger partial charge on any atom is 0.0801 e. The third-order valence-corrected chi connectivity index (χ3v) is 5.73. The minimum Gasteiger partial charge on any atom is -0.321 e. The van der Waals surface area contributed by atoms with Crippen molar-refractivity contribution in [3.05, 3.63) is 76.8 Å². The highest BCUT2D eigenvalue weighted by molar-refractivity contribution is 7.15. The highest BCUT2D eigenvalue weighted by Crippen LogP contribution is 2.40. The van der Waals surface area contributed by atoms with Gasteiger partial charge >= 0.3 is 0 Å². The normalized spacial score (nSPS) is 20.6. The Morgan fingerprint density at radius 3 is 2.64 bits per heavy atom. The number of hydrogen-bond donors (Lipinski definition) is 1. The van der Waals surface area contributed by atoms with Gasteiger partial charge in [0.15, 0.2) is 0 Å². The number of aryl methyl sites for hydroxylation is 1. The van der Waals surface area contributed by atoms with Crippen molar-refractivity contribution in [2.24, 2.45) is 5.73 Å². The summed E-state index contributed by atoms with van der Waals surface area (Å²) in [4.78, 5) is 7.19. The van der Waals surface area contributed by atoms with Gasteiger partial charge in [0, 0.05) is 16.6 Å². The zero-order valence-corrected chi connectivity index (χ0v) is 13.1. The van der Waals surface area contributed by atoms with Crippen molar-refractivity contribution in [2.75, 3.05) is 0 Å². The average Bonchev–Trinajstić information content (AvgIpc) is 2.99. The molecule has 0 aliphatic heterocycles. The predicted molar refractivity (Wildman–Crippen MR) is 91.9 cm³/mol. The Bertz CT molecular complexity index is 780. The van der Waals surface area contributed by atoms with Gasteiger partial charge in [0.1, 0.15) is 0 Å². The molecule has 0 spiro atoms. The number of fused-ring (bicyclic) bond motifs is 1. The predicted octanol–water partition coefficient (Wildman–Crippen LogP) is 4.15. The number of rotatable bonds is 2. The molecule has 3 aromatic rings. The van der Waals surface area contributed by atoms with E-state index in [0.29, 0.717) is 0 Å².